The number of nitro groups is 1. The van der Waals surface area contributed by atoms with Crippen LogP contribution in [0.2, 0.25) is 5.02 Å². The molecule has 0 saturated carbocycles. The van der Waals surface area contributed by atoms with Crippen LogP contribution in [0.5, 0.6) is 0 Å². The highest BCUT2D eigenvalue weighted by Gasteiger charge is 2.35. The van der Waals surface area contributed by atoms with E-state index in [1.54, 1.807) is 24.3 Å². The zero-order valence-corrected chi connectivity index (χ0v) is 13.8. The van der Waals surface area contributed by atoms with Crippen molar-refractivity contribution in [2.24, 2.45) is 5.92 Å². The molecule has 25 heavy (non-hydrogen) atoms. The Balaban J connectivity index is 1.67. The first kappa shape index (κ1) is 16.9. The number of nitrogens with zero attached hydrogens (tertiary/aromatic N) is 2. The third-order valence-corrected chi connectivity index (χ3v) is 4.20. The number of rotatable bonds is 4. The van der Waals surface area contributed by atoms with Crippen molar-refractivity contribution in [1.82, 2.24) is 0 Å². The Bertz CT molecular complexity index is 838. The Labute approximate surface area is 148 Å². The highest BCUT2D eigenvalue weighted by Crippen LogP contribution is 2.28. The van der Waals surface area contributed by atoms with Gasteiger partial charge in [-0.3, -0.25) is 19.7 Å². The van der Waals surface area contributed by atoms with Crippen molar-refractivity contribution >= 4 is 40.5 Å². The van der Waals surface area contributed by atoms with Crippen LogP contribution in [0.3, 0.4) is 0 Å². The van der Waals surface area contributed by atoms with Crippen molar-refractivity contribution in [3.63, 3.8) is 0 Å². The number of carbonyl (C=O) groups is 2. The first-order chi connectivity index (χ1) is 11.9. The predicted octanol–water partition coefficient (Wildman–Crippen LogP) is 3.24. The number of halogens is 1. The summed E-state index contributed by atoms with van der Waals surface area (Å²) in [6.07, 6.45) is 0.103. The summed E-state index contributed by atoms with van der Waals surface area (Å²) < 4.78 is 0. The van der Waals surface area contributed by atoms with E-state index in [0.29, 0.717) is 16.4 Å². The van der Waals surface area contributed by atoms with Crippen LogP contribution in [0.15, 0.2) is 48.5 Å². The number of nitrogens with one attached hydrogen (secondary N) is 1. The summed E-state index contributed by atoms with van der Waals surface area (Å²) in [6, 6.07) is 12.4. The minimum absolute atomic E-state index is 0.0545. The number of amides is 2. The molecule has 1 saturated heterocycles. The van der Waals surface area contributed by atoms with Crippen molar-refractivity contribution in [2.45, 2.75) is 6.42 Å². The Hall–Kier alpha value is -2.93. The quantitative estimate of drug-likeness (QED) is 0.670. The summed E-state index contributed by atoms with van der Waals surface area (Å²) in [5, 5.41) is 13.8. The van der Waals surface area contributed by atoms with E-state index in [1.165, 1.54) is 29.2 Å². The molecule has 0 aromatic heterocycles. The summed E-state index contributed by atoms with van der Waals surface area (Å²) >= 11 is 5.95. The minimum Gasteiger partial charge on any atom is -0.326 e. The molecule has 2 aromatic rings. The Morgan fingerprint density at radius 2 is 1.96 bits per heavy atom. The molecule has 3 rings (SSSR count). The summed E-state index contributed by atoms with van der Waals surface area (Å²) in [5.41, 5.74) is 1.05. The van der Waals surface area contributed by atoms with E-state index in [0.717, 1.165) is 0 Å². The zero-order chi connectivity index (χ0) is 18.0. The van der Waals surface area contributed by atoms with Crippen molar-refractivity contribution in [3.05, 3.63) is 63.7 Å². The highest BCUT2D eigenvalue weighted by atomic mass is 35.5. The van der Waals surface area contributed by atoms with Crippen LogP contribution in [-0.4, -0.2) is 23.3 Å². The van der Waals surface area contributed by atoms with Crippen LogP contribution in [0.25, 0.3) is 0 Å². The molecule has 8 heteroatoms. The molecule has 1 atom stereocenters. The van der Waals surface area contributed by atoms with Gasteiger partial charge in [-0.25, -0.2) is 0 Å². The van der Waals surface area contributed by atoms with Gasteiger partial charge >= 0.3 is 0 Å². The fourth-order valence-corrected chi connectivity index (χ4v) is 2.87. The van der Waals surface area contributed by atoms with Crippen LogP contribution < -0.4 is 10.2 Å². The average Bonchev–Trinajstić information content (AvgIpc) is 2.97. The monoisotopic (exact) mass is 359 g/mol. The molecular formula is C17H14ClN3O4. The molecule has 0 radical (unpaired) electrons. The number of hydrogen-bond acceptors (Lipinski definition) is 4. The van der Waals surface area contributed by atoms with Gasteiger partial charge in [0.05, 0.1) is 10.8 Å². The van der Waals surface area contributed by atoms with Crippen LogP contribution in [0.1, 0.15) is 6.42 Å². The lowest BCUT2D eigenvalue weighted by atomic mass is 10.1. The van der Waals surface area contributed by atoms with E-state index in [9.17, 15) is 19.7 Å². The molecule has 1 fully saturated rings. The van der Waals surface area contributed by atoms with Crippen LogP contribution in [0.4, 0.5) is 17.1 Å². The number of non-ortho nitro benzene ring substituents is 1. The van der Waals surface area contributed by atoms with Crippen LogP contribution in [0, 0.1) is 16.0 Å². The predicted molar refractivity (Wildman–Crippen MR) is 93.6 cm³/mol. The molecule has 0 aliphatic carbocycles. The van der Waals surface area contributed by atoms with Crippen molar-refractivity contribution in [2.75, 3.05) is 16.8 Å². The van der Waals surface area contributed by atoms with Gasteiger partial charge in [0.2, 0.25) is 11.8 Å². The fourth-order valence-electron chi connectivity index (χ4n) is 2.69. The van der Waals surface area contributed by atoms with Crippen LogP contribution >= 0.6 is 11.6 Å². The summed E-state index contributed by atoms with van der Waals surface area (Å²) in [5.74, 6) is -0.945. The van der Waals surface area contributed by atoms with Gasteiger partial charge in [0.25, 0.3) is 5.69 Å². The first-order valence-corrected chi connectivity index (χ1v) is 7.93. The third kappa shape index (κ3) is 3.77. The molecule has 1 heterocycles. The lowest BCUT2D eigenvalue weighted by molar-refractivity contribution is -0.384. The molecule has 128 valence electrons. The molecular weight excluding hydrogens is 346 g/mol. The Morgan fingerprint density at radius 3 is 2.60 bits per heavy atom. The average molecular weight is 360 g/mol. The smallest absolute Gasteiger partial charge is 0.269 e. The molecule has 0 spiro atoms. The van der Waals surface area contributed by atoms with Gasteiger partial charge in [0, 0.05) is 41.5 Å². The SMILES string of the molecule is O=C(Nc1ccc([N+](=O)[O-])cc1)[C@@H]1CC(=O)N(c2cccc(Cl)c2)C1. The van der Waals surface area contributed by atoms with E-state index in [4.69, 9.17) is 11.6 Å². The largest absolute Gasteiger partial charge is 0.326 e. The molecule has 0 bridgehead atoms. The third-order valence-electron chi connectivity index (χ3n) is 3.96. The molecule has 1 aliphatic rings. The second-order valence-corrected chi connectivity index (χ2v) is 6.11. The van der Waals surface area contributed by atoms with Crippen LogP contribution in [-0.2, 0) is 9.59 Å². The van der Waals surface area contributed by atoms with E-state index in [1.807, 2.05) is 0 Å². The molecule has 7 nitrogen and oxygen atoms in total. The van der Waals surface area contributed by atoms with Gasteiger partial charge in [0.15, 0.2) is 0 Å². The van der Waals surface area contributed by atoms with Crippen molar-refractivity contribution < 1.29 is 14.5 Å². The summed E-state index contributed by atoms with van der Waals surface area (Å²) in [6.45, 7) is 0.262. The maximum atomic E-state index is 12.4. The molecule has 2 aromatic carbocycles. The van der Waals surface area contributed by atoms with E-state index < -0.39 is 10.8 Å². The normalized spacial score (nSPS) is 16.8. The molecule has 1 aliphatic heterocycles. The number of nitro benzene ring substituents is 1. The van der Waals surface area contributed by atoms with E-state index in [-0.39, 0.29) is 30.5 Å². The van der Waals surface area contributed by atoms with Gasteiger partial charge in [-0.2, -0.15) is 0 Å². The minimum atomic E-state index is -0.510. The summed E-state index contributed by atoms with van der Waals surface area (Å²) in [7, 11) is 0. The summed E-state index contributed by atoms with van der Waals surface area (Å²) in [4.78, 5) is 36.2. The van der Waals surface area contributed by atoms with Crippen molar-refractivity contribution in [1.29, 1.82) is 0 Å². The number of carbonyl (C=O) groups excluding carboxylic acids is 2. The number of anilines is 2. The van der Waals surface area contributed by atoms with Gasteiger partial charge in [-0.15, -0.1) is 0 Å². The second kappa shape index (κ2) is 6.90. The fraction of sp³-hybridized carbons (Fsp3) is 0.176. The molecule has 2 amide bonds. The molecule has 0 unspecified atom stereocenters. The topological polar surface area (TPSA) is 92.5 Å². The maximum absolute atomic E-state index is 12.4. The van der Waals surface area contributed by atoms with Gasteiger partial charge in [-0.05, 0) is 30.3 Å². The number of benzene rings is 2. The van der Waals surface area contributed by atoms with E-state index >= 15 is 0 Å². The Morgan fingerprint density at radius 1 is 1.24 bits per heavy atom. The van der Waals surface area contributed by atoms with E-state index in [2.05, 4.69) is 5.32 Å². The molecule has 1 N–H and O–H groups in total. The highest BCUT2D eigenvalue weighted by molar-refractivity contribution is 6.31. The lowest BCUT2D eigenvalue weighted by Crippen LogP contribution is -2.28. The van der Waals surface area contributed by atoms with Gasteiger partial charge in [0.1, 0.15) is 0 Å². The first-order valence-electron chi connectivity index (χ1n) is 7.55. The lowest BCUT2D eigenvalue weighted by Gasteiger charge is -2.17. The number of hydrogen-bond donors (Lipinski definition) is 1. The maximum Gasteiger partial charge on any atom is 0.269 e. The zero-order valence-electron chi connectivity index (χ0n) is 13.0. The second-order valence-electron chi connectivity index (χ2n) is 5.68. The van der Waals surface area contributed by atoms with Gasteiger partial charge in [-0.1, -0.05) is 17.7 Å². The van der Waals surface area contributed by atoms with Crippen molar-refractivity contribution in [3.8, 4) is 0 Å². The van der Waals surface area contributed by atoms with Gasteiger partial charge < -0.3 is 10.2 Å². The Kier molecular flexibility index (Phi) is 4.67. The standard InChI is InChI=1S/C17H14ClN3O4/c18-12-2-1-3-15(9-12)20-10-11(8-16(20)22)17(23)19-13-4-6-14(7-5-13)21(24)25/h1-7,9,11H,8,10H2,(H,19,23)/t11-/m1/s1.